The normalized spacial score (nSPS) is 19.4. The number of alkyl halides is 3. The summed E-state index contributed by atoms with van der Waals surface area (Å²) in [5, 5.41) is 3.12. The lowest BCUT2D eigenvalue weighted by Gasteiger charge is -2.16. The lowest BCUT2D eigenvalue weighted by Crippen LogP contribution is -2.20. The molecule has 1 aliphatic rings. The molecule has 1 N–H and O–H groups in total. The van der Waals surface area contributed by atoms with Crippen LogP contribution in [0, 0.1) is 5.92 Å². The highest BCUT2D eigenvalue weighted by Crippen LogP contribution is 2.27. The second kappa shape index (κ2) is 6.14. The van der Waals surface area contributed by atoms with Crippen molar-refractivity contribution < 1.29 is 22.6 Å². The zero-order valence-electron chi connectivity index (χ0n) is 10.4. The number of hydrogen-bond donors (Lipinski definition) is 1. The van der Waals surface area contributed by atoms with Crippen molar-refractivity contribution in [3.05, 3.63) is 24.3 Å². The Bertz CT molecular complexity index is 403. The summed E-state index contributed by atoms with van der Waals surface area (Å²) in [6, 6.07) is 6.64. The Kier molecular flexibility index (Phi) is 4.52. The monoisotopic (exact) mass is 275 g/mol. The Morgan fingerprint density at radius 3 is 2.79 bits per heavy atom. The molecule has 106 valence electrons. The fourth-order valence-electron chi connectivity index (χ4n) is 1.90. The molecule has 1 saturated heterocycles. The van der Waals surface area contributed by atoms with Crippen LogP contribution in [0.2, 0.25) is 0 Å². The van der Waals surface area contributed by atoms with E-state index in [0.717, 1.165) is 13.0 Å². The van der Waals surface area contributed by atoms with Gasteiger partial charge in [-0.3, -0.25) is 0 Å². The van der Waals surface area contributed by atoms with Gasteiger partial charge in [-0.05, 0) is 18.6 Å². The van der Waals surface area contributed by atoms with Crippen LogP contribution in [0.15, 0.2) is 24.3 Å². The quantitative estimate of drug-likeness (QED) is 0.895. The molecule has 0 saturated carbocycles. The molecule has 1 aliphatic heterocycles. The molecule has 0 spiro atoms. The minimum atomic E-state index is -4.33. The zero-order valence-corrected chi connectivity index (χ0v) is 10.4. The van der Waals surface area contributed by atoms with Gasteiger partial charge in [0.15, 0.2) is 6.61 Å². The van der Waals surface area contributed by atoms with Crippen LogP contribution in [-0.2, 0) is 4.74 Å². The van der Waals surface area contributed by atoms with Gasteiger partial charge in [-0.1, -0.05) is 12.1 Å². The predicted molar refractivity (Wildman–Crippen MR) is 65.4 cm³/mol. The first kappa shape index (κ1) is 14.0. The van der Waals surface area contributed by atoms with E-state index in [0.29, 0.717) is 24.8 Å². The average Bonchev–Trinajstić information content (AvgIpc) is 2.87. The van der Waals surface area contributed by atoms with E-state index < -0.39 is 12.8 Å². The van der Waals surface area contributed by atoms with Crippen molar-refractivity contribution in [1.29, 1.82) is 0 Å². The van der Waals surface area contributed by atoms with E-state index in [1.165, 1.54) is 6.07 Å². The van der Waals surface area contributed by atoms with E-state index in [2.05, 4.69) is 5.32 Å². The molecule has 0 unspecified atom stereocenters. The molecule has 6 heteroatoms. The molecule has 19 heavy (non-hydrogen) atoms. The molecule has 0 aliphatic carbocycles. The minimum Gasteiger partial charge on any atom is -0.482 e. The number of ether oxygens (including phenoxy) is 2. The third kappa shape index (κ3) is 4.63. The van der Waals surface area contributed by atoms with Crippen LogP contribution in [0.3, 0.4) is 0 Å². The Labute approximate surface area is 109 Å². The number of halogens is 3. The van der Waals surface area contributed by atoms with Crippen LogP contribution in [-0.4, -0.2) is 32.5 Å². The van der Waals surface area contributed by atoms with Crippen LogP contribution in [0.5, 0.6) is 5.75 Å². The largest absolute Gasteiger partial charge is 0.482 e. The summed E-state index contributed by atoms with van der Waals surface area (Å²) in [5.74, 6) is 0.620. The molecule has 1 heterocycles. The average molecular weight is 275 g/mol. The highest BCUT2D eigenvalue weighted by atomic mass is 19.4. The number of nitrogens with one attached hydrogen (secondary N) is 1. The molecule has 3 nitrogen and oxygen atoms in total. The summed E-state index contributed by atoms with van der Waals surface area (Å²) in [4.78, 5) is 0. The first-order valence-corrected chi connectivity index (χ1v) is 6.15. The fraction of sp³-hybridized carbons (Fsp3) is 0.538. The number of benzene rings is 1. The van der Waals surface area contributed by atoms with Crippen molar-refractivity contribution in [3.8, 4) is 5.75 Å². The van der Waals surface area contributed by atoms with Gasteiger partial charge in [0.2, 0.25) is 0 Å². The van der Waals surface area contributed by atoms with Gasteiger partial charge in [0.25, 0.3) is 0 Å². The van der Waals surface area contributed by atoms with Crippen molar-refractivity contribution in [3.63, 3.8) is 0 Å². The van der Waals surface area contributed by atoms with Gasteiger partial charge >= 0.3 is 6.18 Å². The Morgan fingerprint density at radius 1 is 1.32 bits per heavy atom. The lowest BCUT2D eigenvalue weighted by atomic mass is 10.1. The zero-order chi connectivity index (χ0) is 13.7. The van der Waals surface area contributed by atoms with Crippen molar-refractivity contribution in [2.45, 2.75) is 12.6 Å². The van der Waals surface area contributed by atoms with Crippen molar-refractivity contribution in [1.82, 2.24) is 0 Å². The first-order valence-electron chi connectivity index (χ1n) is 6.15. The van der Waals surface area contributed by atoms with Crippen LogP contribution in [0.1, 0.15) is 6.42 Å². The van der Waals surface area contributed by atoms with Crippen LogP contribution >= 0.6 is 0 Å². The fourth-order valence-corrected chi connectivity index (χ4v) is 1.90. The summed E-state index contributed by atoms with van der Waals surface area (Å²) in [6.45, 7) is 0.835. The molecule has 2 rings (SSSR count). The van der Waals surface area contributed by atoms with E-state index in [4.69, 9.17) is 9.47 Å². The van der Waals surface area contributed by atoms with E-state index in [1.807, 2.05) is 0 Å². The molecular weight excluding hydrogens is 259 g/mol. The maximum absolute atomic E-state index is 12.1. The molecule has 1 fully saturated rings. The van der Waals surface area contributed by atoms with Gasteiger partial charge in [-0.15, -0.1) is 0 Å². The first-order chi connectivity index (χ1) is 9.04. The summed E-state index contributed by atoms with van der Waals surface area (Å²) < 4.78 is 46.5. The van der Waals surface area contributed by atoms with Crippen LogP contribution in [0.25, 0.3) is 0 Å². The Hall–Kier alpha value is -1.43. The molecule has 0 aromatic heterocycles. The standard InChI is InChI=1S/C13H16F3NO2/c14-13(15,16)9-19-12-4-2-1-3-11(12)17-7-10-5-6-18-8-10/h1-4,10,17H,5-9H2/t10-/m0/s1. The van der Waals surface area contributed by atoms with Crippen molar-refractivity contribution in [2.24, 2.45) is 5.92 Å². The van der Waals surface area contributed by atoms with E-state index in [9.17, 15) is 13.2 Å². The Balaban J connectivity index is 1.91. The highest BCUT2D eigenvalue weighted by Gasteiger charge is 2.28. The van der Waals surface area contributed by atoms with Gasteiger partial charge < -0.3 is 14.8 Å². The van der Waals surface area contributed by atoms with E-state index >= 15 is 0 Å². The summed E-state index contributed by atoms with van der Waals surface area (Å²) in [6.07, 6.45) is -3.36. The van der Waals surface area contributed by atoms with Crippen molar-refractivity contribution in [2.75, 3.05) is 31.7 Å². The van der Waals surface area contributed by atoms with Gasteiger partial charge in [-0.25, -0.2) is 0 Å². The molecule has 1 aromatic rings. The predicted octanol–water partition coefficient (Wildman–Crippen LogP) is 3.08. The van der Waals surface area contributed by atoms with E-state index in [-0.39, 0.29) is 5.75 Å². The summed E-state index contributed by atoms with van der Waals surface area (Å²) in [7, 11) is 0. The highest BCUT2D eigenvalue weighted by molar-refractivity contribution is 5.56. The van der Waals surface area contributed by atoms with Gasteiger partial charge in [-0.2, -0.15) is 13.2 Å². The van der Waals surface area contributed by atoms with Crippen LogP contribution in [0.4, 0.5) is 18.9 Å². The third-order valence-corrected chi connectivity index (χ3v) is 2.88. The lowest BCUT2D eigenvalue weighted by molar-refractivity contribution is -0.153. The van der Waals surface area contributed by atoms with E-state index in [1.54, 1.807) is 18.2 Å². The number of rotatable bonds is 5. The second-order valence-corrected chi connectivity index (χ2v) is 4.51. The summed E-state index contributed by atoms with van der Waals surface area (Å²) in [5.41, 5.74) is 0.582. The molecule has 0 radical (unpaired) electrons. The maximum Gasteiger partial charge on any atom is 0.422 e. The third-order valence-electron chi connectivity index (χ3n) is 2.88. The van der Waals surface area contributed by atoms with Crippen molar-refractivity contribution >= 4 is 5.69 Å². The number of hydrogen-bond acceptors (Lipinski definition) is 3. The summed E-state index contributed by atoms with van der Waals surface area (Å²) >= 11 is 0. The SMILES string of the molecule is FC(F)(F)COc1ccccc1NC[C@@H]1CCOC1. The number of anilines is 1. The molecule has 0 amide bonds. The van der Waals surface area contributed by atoms with Gasteiger partial charge in [0, 0.05) is 19.1 Å². The molecule has 1 atom stereocenters. The Morgan fingerprint density at radius 2 is 2.11 bits per heavy atom. The topological polar surface area (TPSA) is 30.5 Å². The van der Waals surface area contributed by atoms with Gasteiger partial charge in [0.05, 0.1) is 12.3 Å². The number of para-hydroxylation sites is 2. The second-order valence-electron chi connectivity index (χ2n) is 4.51. The molecule has 0 bridgehead atoms. The smallest absolute Gasteiger partial charge is 0.422 e. The van der Waals surface area contributed by atoms with Crippen LogP contribution < -0.4 is 10.1 Å². The molecule has 1 aromatic carbocycles. The minimum absolute atomic E-state index is 0.221. The molecular formula is C13H16F3NO2. The maximum atomic E-state index is 12.1. The van der Waals surface area contributed by atoms with Gasteiger partial charge in [0.1, 0.15) is 5.75 Å².